The fraction of sp³-hybridized carbons (Fsp3) is 0. The van der Waals surface area contributed by atoms with Crippen molar-refractivity contribution in [3.05, 3.63) is 18.6 Å². The van der Waals surface area contributed by atoms with Crippen molar-refractivity contribution in [3.8, 4) is 0 Å². The van der Waals surface area contributed by atoms with Gasteiger partial charge in [-0.1, -0.05) is 12.3 Å². The molecule has 0 rings (SSSR count). The van der Waals surface area contributed by atoms with Crippen molar-refractivity contribution < 1.29 is 4.84 Å². The minimum atomic E-state index is 1.17. The lowest BCUT2D eigenvalue weighted by Crippen LogP contribution is -1.85. The summed E-state index contributed by atoms with van der Waals surface area (Å²) in [4.78, 5) is 3.89. The second-order valence-corrected chi connectivity index (χ2v) is 0.458. The van der Waals surface area contributed by atoms with E-state index >= 15 is 0 Å². The smallest absolute Gasteiger partial charge is 0.152 e. The zero-order valence-corrected chi connectivity index (χ0v) is 2.77. The van der Waals surface area contributed by atoms with Gasteiger partial charge in [-0.05, 0) is 0 Å². The lowest BCUT2D eigenvalue weighted by Gasteiger charge is -1.72. The summed E-state index contributed by atoms with van der Waals surface area (Å²) in [5.74, 6) is 4.48. The van der Waals surface area contributed by atoms with Crippen molar-refractivity contribution in [2.45, 2.75) is 0 Å². The third-order valence-corrected chi connectivity index (χ3v) is 0.151. The Morgan fingerprint density at radius 1 is 2.00 bits per heavy atom. The molecule has 0 aliphatic rings. The standard InChI is InChI=1S/C3H5NO/c1-2-3-5-4/h3H,1,4H2. The van der Waals surface area contributed by atoms with Crippen molar-refractivity contribution >= 4 is 0 Å². The highest BCUT2D eigenvalue weighted by atomic mass is 16.6. The van der Waals surface area contributed by atoms with E-state index in [9.17, 15) is 0 Å². The van der Waals surface area contributed by atoms with Crippen LogP contribution in [0.1, 0.15) is 0 Å². The molecule has 0 bridgehead atoms. The summed E-state index contributed by atoms with van der Waals surface area (Å²) in [6, 6.07) is 0. The zero-order chi connectivity index (χ0) is 4.12. The Kier molecular flexibility index (Phi) is 2.81. The third kappa shape index (κ3) is 3.28. The quantitative estimate of drug-likeness (QED) is 0.272. The summed E-state index contributed by atoms with van der Waals surface area (Å²) in [5.41, 5.74) is 2.30. The van der Waals surface area contributed by atoms with Crippen LogP contribution in [0.3, 0.4) is 0 Å². The van der Waals surface area contributed by atoms with Crippen LogP contribution in [-0.4, -0.2) is 0 Å². The third-order valence-electron chi connectivity index (χ3n) is 0.151. The maximum absolute atomic E-state index is 4.48. The number of nitrogens with two attached hydrogens (primary N) is 1. The van der Waals surface area contributed by atoms with Gasteiger partial charge in [0.2, 0.25) is 0 Å². The maximum Gasteiger partial charge on any atom is 0.152 e. The molecule has 0 amide bonds. The van der Waals surface area contributed by atoms with Gasteiger partial charge in [0.25, 0.3) is 0 Å². The molecule has 2 N–H and O–H groups in total. The summed E-state index contributed by atoms with van der Waals surface area (Å²) in [5, 5.41) is 0. The van der Waals surface area contributed by atoms with Gasteiger partial charge in [0.05, 0.1) is 0 Å². The van der Waals surface area contributed by atoms with E-state index < -0.39 is 0 Å². The van der Waals surface area contributed by atoms with Crippen LogP contribution in [0, 0.1) is 0 Å². The minimum absolute atomic E-state index is 1.17. The van der Waals surface area contributed by atoms with Crippen molar-refractivity contribution in [3.63, 3.8) is 0 Å². The lowest BCUT2D eigenvalue weighted by atomic mass is 11.0. The van der Waals surface area contributed by atoms with Crippen molar-refractivity contribution in [1.29, 1.82) is 0 Å². The molecule has 2 nitrogen and oxygen atoms in total. The summed E-state index contributed by atoms with van der Waals surface area (Å²) in [7, 11) is 0. The summed E-state index contributed by atoms with van der Waals surface area (Å²) in [6.07, 6.45) is 1.17. The average Bonchev–Trinajstić information content (AvgIpc) is 1.41. The van der Waals surface area contributed by atoms with Crippen LogP contribution in [0.5, 0.6) is 0 Å². The van der Waals surface area contributed by atoms with Crippen molar-refractivity contribution in [2.24, 2.45) is 5.90 Å². The number of rotatable bonds is 1. The van der Waals surface area contributed by atoms with Crippen LogP contribution in [-0.2, 0) is 4.84 Å². The van der Waals surface area contributed by atoms with Crippen LogP contribution in [0.4, 0.5) is 0 Å². The molecule has 28 valence electrons. The highest BCUT2D eigenvalue weighted by Gasteiger charge is 1.42. The van der Waals surface area contributed by atoms with Crippen LogP contribution in [0.2, 0.25) is 0 Å². The fourth-order valence-corrected chi connectivity index (χ4v) is 0.0481. The molecule has 0 aromatic carbocycles. The Bertz CT molecular complexity index is 53.9. The van der Waals surface area contributed by atoms with Gasteiger partial charge in [-0.3, -0.25) is 0 Å². The van der Waals surface area contributed by atoms with Crippen LogP contribution >= 0.6 is 0 Å². The second kappa shape index (κ2) is 3.28. The van der Waals surface area contributed by atoms with E-state index in [4.69, 9.17) is 0 Å². The largest absolute Gasteiger partial charge is 0.411 e. The second-order valence-electron chi connectivity index (χ2n) is 0.458. The first-order valence-electron chi connectivity index (χ1n) is 1.11. The molecular formula is C3H5NO. The summed E-state index contributed by atoms with van der Waals surface area (Å²) >= 11 is 0. The highest BCUT2D eigenvalue weighted by Crippen LogP contribution is 1.51. The van der Waals surface area contributed by atoms with E-state index in [-0.39, 0.29) is 0 Å². The lowest BCUT2D eigenvalue weighted by molar-refractivity contribution is 0.262. The zero-order valence-electron chi connectivity index (χ0n) is 2.77. The molecular weight excluding hydrogens is 66.0 g/mol. The van der Waals surface area contributed by atoms with Gasteiger partial charge in [0, 0.05) is 0 Å². The average molecular weight is 71.1 g/mol. The molecule has 0 aliphatic heterocycles. The molecule has 0 aliphatic carbocycles. The van der Waals surface area contributed by atoms with Crippen molar-refractivity contribution in [1.82, 2.24) is 0 Å². The first-order valence-corrected chi connectivity index (χ1v) is 1.11. The molecule has 0 aromatic rings. The van der Waals surface area contributed by atoms with Gasteiger partial charge in [0.1, 0.15) is 0 Å². The van der Waals surface area contributed by atoms with Gasteiger partial charge in [-0.15, -0.1) is 0 Å². The highest BCUT2D eigenvalue weighted by molar-refractivity contribution is 4.61. The maximum atomic E-state index is 4.48. The molecule has 0 heterocycles. The monoisotopic (exact) mass is 71.0 g/mol. The molecule has 0 saturated carbocycles. The number of hydrogen-bond donors (Lipinski definition) is 1. The summed E-state index contributed by atoms with van der Waals surface area (Å²) in [6.45, 7) is 3.16. The molecule has 2 heteroatoms. The first kappa shape index (κ1) is 4.28. The SMILES string of the molecule is C=C=CON. The van der Waals surface area contributed by atoms with Gasteiger partial charge < -0.3 is 4.84 Å². The normalized spacial score (nSPS) is 5.00. The molecule has 0 radical (unpaired) electrons. The number of hydrogen-bond acceptors (Lipinski definition) is 2. The Labute approximate surface area is 30.5 Å². The Hall–Kier alpha value is -0.720. The Morgan fingerprint density at radius 3 is 2.60 bits per heavy atom. The van der Waals surface area contributed by atoms with E-state index in [1.54, 1.807) is 0 Å². The Balaban J connectivity index is 2.93. The Morgan fingerprint density at radius 2 is 2.60 bits per heavy atom. The molecule has 0 aromatic heterocycles. The predicted molar refractivity (Wildman–Crippen MR) is 19.0 cm³/mol. The van der Waals surface area contributed by atoms with Crippen molar-refractivity contribution in [2.75, 3.05) is 0 Å². The molecule has 5 heavy (non-hydrogen) atoms. The fourth-order valence-electron chi connectivity index (χ4n) is 0.0481. The van der Waals surface area contributed by atoms with Gasteiger partial charge in [-0.25, -0.2) is 0 Å². The van der Waals surface area contributed by atoms with Crippen LogP contribution < -0.4 is 5.90 Å². The van der Waals surface area contributed by atoms with Gasteiger partial charge in [-0.2, -0.15) is 5.90 Å². The van der Waals surface area contributed by atoms with Gasteiger partial charge in [0.15, 0.2) is 6.26 Å². The van der Waals surface area contributed by atoms with E-state index in [1.807, 2.05) is 0 Å². The molecule has 0 unspecified atom stereocenters. The van der Waals surface area contributed by atoms with E-state index in [2.05, 4.69) is 23.0 Å². The minimum Gasteiger partial charge on any atom is -0.411 e. The van der Waals surface area contributed by atoms with E-state index in [0.717, 1.165) is 0 Å². The summed E-state index contributed by atoms with van der Waals surface area (Å²) < 4.78 is 0. The van der Waals surface area contributed by atoms with Crippen LogP contribution in [0.25, 0.3) is 0 Å². The topological polar surface area (TPSA) is 35.2 Å². The molecule has 0 atom stereocenters. The molecule has 0 fully saturated rings. The van der Waals surface area contributed by atoms with Crippen LogP contribution in [0.15, 0.2) is 18.6 Å². The van der Waals surface area contributed by atoms with Gasteiger partial charge >= 0.3 is 0 Å². The molecule has 0 spiro atoms. The predicted octanol–water partition coefficient (Wildman–Crippen LogP) is 0.175. The molecule has 0 saturated heterocycles. The van der Waals surface area contributed by atoms with E-state index in [0.29, 0.717) is 0 Å². The first-order chi connectivity index (χ1) is 2.41. The van der Waals surface area contributed by atoms with E-state index in [1.165, 1.54) is 6.26 Å².